The summed E-state index contributed by atoms with van der Waals surface area (Å²) < 4.78 is 8.55. The molecule has 40 valence electrons. The Morgan fingerprint density at radius 1 is 1.14 bits per heavy atom. The third-order valence-electron chi connectivity index (χ3n) is 0. The molecule has 0 aliphatic rings. The molecule has 0 saturated heterocycles. The topological polar surface area (TPSA) is 115 Å². The molecule has 0 unspecified atom stereocenters. The van der Waals surface area contributed by atoms with Crippen molar-refractivity contribution in [3.63, 3.8) is 0 Å². The number of phosphoric acid groups is 1. The fourth-order valence-corrected chi connectivity index (χ4v) is 0. The van der Waals surface area contributed by atoms with Crippen LogP contribution in [0.4, 0.5) is 0 Å². The van der Waals surface area contributed by atoms with Crippen LogP contribution in [-0.4, -0.2) is 37.7 Å². The van der Waals surface area contributed by atoms with Gasteiger partial charge in [0.15, 0.2) is 0 Å². The fraction of sp³-hybridized carbons (Fsp3) is 0. The summed E-state index contributed by atoms with van der Waals surface area (Å²) in [7, 11) is -5.39. The van der Waals surface area contributed by atoms with Gasteiger partial charge in [0.25, 0.3) is 0 Å². The van der Waals surface area contributed by atoms with Gasteiger partial charge in [-0.2, -0.15) is 7.82 Å². The van der Waals surface area contributed by atoms with Crippen molar-refractivity contribution >= 4 is 45.6 Å². The Balaban J connectivity index is -0.0000000800. The van der Waals surface area contributed by atoms with Gasteiger partial charge in [-0.25, -0.2) is 0 Å². The Morgan fingerprint density at radius 2 is 1.14 bits per heavy atom. The first-order valence-electron chi connectivity index (χ1n) is 0.730. The van der Waals surface area contributed by atoms with Gasteiger partial charge in [0, 0.05) is 43.2 Å². The van der Waals surface area contributed by atoms with E-state index in [0.717, 1.165) is 0 Å². The first-order valence-corrected chi connectivity index (χ1v) is 2.19. The standard InChI is InChI=1S/Ca.H3O4P.O/c;1-5(2,3)4;/h;(H3,1,2,3,4);/p-3. The van der Waals surface area contributed by atoms with E-state index in [4.69, 9.17) is 19.2 Å². The van der Waals surface area contributed by atoms with Crippen molar-refractivity contribution in [2.45, 2.75) is 0 Å². The summed E-state index contributed by atoms with van der Waals surface area (Å²) in [6.45, 7) is 0. The zero-order valence-electron chi connectivity index (χ0n) is 3.20. The largest absolute Gasteiger partial charge is 0.822 e. The van der Waals surface area contributed by atoms with E-state index in [1.807, 2.05) is 0 Å². The van der Waals surface area contributed by atoms with Gasteiger partial charge in [-0.3, -0.25) is 0 Å². The van der Waals surface area contributed by atoms with Crippen LogP contribution < -0.4 is 14.7 Å². The molecule has 0 rings (SSSR count). The van der Waals surface area contributed by atoms with Crippen LogP contribution in [0.2, 0.25) is 0 Å². The molecule has 0 aromatic rings. The second kappa shape index (κ2) is 5.47. The van der Waals surface area contributed by atoms with Gasteiger partial charge in [-0.15, -0.1) is 0 Å². The monoisotopic (exact) mass is 151 g/mol. The van der Waals surface area contributed by atoms with E-state index in [-0.39, 0.29) is 43.2 Å². The quantitative estimate of drug-likeness (QED) is 0.266. The van der Waals surface area contributed by atoms with Crippen LogP contribution in [-0.2, 0) is 10.0 Å². The van der Waals surface area contributed by atoms with Gasteiger partial charge in [0.1, 0.15) is 0 Å². The van der Waals surface area contributed by atoms with Crippen LogP contribution >= 0.6 is 7.82 Å². The molecular formula is CaO5P-3. The molecule has 0 aromatic carbocycles. The average Bonchev–Trinajstić information content (AvgIpc) is 0.722. The van der Waals surface area contributed by atoms with Gasteiger partial charge < -0.3 is 19.2 Å². The van der Waals surface area contributed by atoms with Gasteiger partial charge >= 0.3 is 0 Å². The van der Waals surface area contributed by atoms with E-state index in [2.05, 4.69) is 0 Å². The summed E-state index contributed by atoms with van der Waals surface area (Å²) in [6.07, 6.45) is 0. The Bertz CT molecular complexity index is 54.2. The predicted octanol–water partition coefficient (Wildman–Crippen LogP) is -3.32. The maximum absolute atomic E-state index is 8.55. The second-order valence-corrected chi connectivity index (χ2v) is 1.34. The third kappa shape index (κ3) is 118. The molecule has 0 fully saturated rings. The van der Waals surface area contributed by atoms with Crippen molar-refractivity contribution in [1.82, 2.24) is 0 Å². The van der Waals surface area contributed by atoms with E-state index < -0.39 is 7.82 Å². The van der Waals surface area contributed by atoms with Crippen molar-refractivity contribution < 1.29 is 24.7 Å². The van der Waals surface area contributed by atoms with E-state index in [1.54, 1.807) is 0 Å². The van der Waals surface area contributed by atoms with Crippen LogP contribution in [0, 0.1) is 0 Å². The van der Waals surface area contributed by atoms with Gasteiger partial charge in [0.05, 0.1) is 0 Å². The third-order valence-corrected chi connectivity index (χ3v) is 0. The molecule has 5 nitrogen and oxygen atoms in total. The fourth-order valence-electron chi connectivity index (χ4n) is 0. The van der Waals surface area contributed by atoms with Gasteiger partial charge in [0.2, 0.25) is 0 Å². The zero-order valence-corrected chi connectivity index (χ0v) is 6.30. The van der Waals surface area contributed by atoms with Crippen molar-refractivity contribution in [2.75, 3.05) is 0 Å². The summed E-state index contributed by atoms with van der Waals surface area (Å²) in [5.74, 6) is 0. The molecule has 0 N–H and O–H groups in total. The smallest absolute Gasteiger partial charge is 0 e. The van der Waals surface area contributed by atoms with E-state index >= 15 is 0 Å². The van der Waals surface area contributed by atoms with Crippen LogP contribution in [0.3, 0.4) is 0 Å². The minimum Gasteiger partial charge on any atom is -0.822 e. The summed E-state index contributed by atoms with van der Waals surface area (Å²) in [4.78, 5) is 25.6. The Labute approximate surface area is 69.9 Å². The van der Waals surface area contributed by atoms with Crippen molar-refractivity contribution in [1.29, 1.82) is 0 Å². The normalized spacial score (nSPS) is 8.43. The molecule has 4 radical (unpaired) electrons. The summed E-state index contributed by atoms with van der Waals surface area (Å²) in [6, 6.07) is 0. The first-order chi connectivity index (χ1) is 2.00. The van der Waals surface area contributed by atoms with Crippen LogP contribution in [0.25, 0.3) is 0 Å². The summed E-state index contributed by atoms with van der Waals surface area (Å²) in [5.41, 5.74) is 0. The molecule has 0 aromatic heterocycles. The Morgan fingerprint density at radius 3 is 1.14 bits per heavy atom. The maximum Gasteiger partial charge on any atom is 0 e. The van der Waals surface area contributed by atoms with Crippen molar-refractivity contribution in [3.8, 4) is 0 Å². The number of hydrogen-bond acceptors (Lipinski definition) is 4. The van der Waals surface area contributed by atoms with E-state index in [0.29, 0.717) is 0 Å². The average molecular weight is 151 g/mol. The second-order valence-electron chi connectivity index (χ2n) is 0.447. The van der Waals surface area contributed by atoms with E-state index in [9.17, 15) is 0 Å². The molecule has 0 heterocycles. The number of hydrogen-bond donors (Lipinski definition) is 0. The summed E-state index contributed by atoms with van der Waals surface area (Å²) >= 11 is 0. The molecule has 7 heavy (non-hydrogen) atoms. The van der Waals surface area contributed by atoms with Crippen molar-refractivity contribution in [2.24, 2.45) is 0 Å². The molecule has 7 heteroatoms. The molecule has 0 bridgehead atoms. The Kier molecular flexibility index (Phi) is 12.3. The van der Waals surface area contributed by atoms with Gasteiger partial charge in [-0.05, 0) is 0 Å². The maximum atomic E-state index is 8.55. The summed E-state index contributed by atoms with van der Waals surface area (Å²) in [5, 5.41) is 0. The van der Waals surface area contributed by atoms with Crippen LogP contribution in [0.1, 0.15) is 0 Å². The SMILES string of the molecule is O=P([O-])([O-])[O-].[Ca].[O]. The van der Waals surface area contributed by atoms with Gasteiger partial charge in [-0.1, -0.05) is 0 Å². The van der Waals surface area contributed by atoms with E-state index in [1.165, 1.54) is 0 Å². The number of rotatable bonds is 0. The minimum absolute atomic E-state index is 0. The first kappa shape index (κ1) is 15.8. The van der Waals surface area contributed by atoms with Crippen LogP contribution in [0.15, 0.2) is 0 Å². The molecule has 0 atom stereocenters. The predicted molar refractivity (Wildman–Crippen MR) is 14.0 cm³/mol. The molecule has 0 aliphatic heterocycles. The molecule has 0 spiro atoms. The minimum atomic E-state index is -5.39. The molecule has 0 saturated carbocycles. The molecular weight excluding hydrogens is 151 g/mol. The van der Waals surface area contributed by atoms with Crippen molar-refractivity contribution in [3.05, 3.63) is 0 Å². The molecule has 0 amide bonds. The Hall–Kier alpha value is 1.33. The molecule has 0 aliphatic carbocycles. The zero-order chi connectivity index (χ0) is 4.50. The van der Waals surface area contributed by atoms with Crippen LogP contribution in [0.5, 0.6) is 0 Å².